The molecule has 9 heteroatoms. The number of hydrogen-bond acceptors (Lipinski definition) is 8. The highest BCUT2D eigenvalue weighted by Crippen LogP contribution is 2.31. The van der Waals surface area contributed by atoms with Crippen molar-refractivity contribution in [3.8, 4) is 11.5 Å². The summed E-state index contributed by atoms with van der Waals surface area (Å²) in [4.78, 5) is 6.11. The lowest BCUT2D eigenvalue weighted by Gasteiger charge is -2.40. The molecule has 0 N–H and O–H groups in total. The molecule has 1 fully saturated rings. The predicted octanol–water partition coefficient (Wildman–Crippen LogP) is 3.71. The number of ether oxygens (including phenoxy) is 2. The summed E-state index contributed by atoms with van der Waals surface area (Å²) in [7, 11) is 3.38. The summed E-state index contributed by atoms with van der Waals surface area (Å²) in [5.74, 6) is 2.57. The van der Waals surface area contributed by atoms with Crippen molar-refractivity contribution in [1.82, 2.24) is 25.1 Å². The highest BCUT2D eigenvalue weighted by atomic mass is 32.1. The van der Waals surface area contributed by atoms with Crippen molar-refractivity contribution < 1.29 is 9.47 Å². The van der Waals surface area contributed by atoms with E-state index >= 15 is 0 Å². The third-order valence-electron chi connectivity index (χ3n) is 6.24. The molecular formula is C25H28N6O2S. The van der Waals surface area contributed by atoms with Crippen LogP contribution >= 0.6 is 11.3 Å². The fourth-order valence-corrected chi connectivity index (χ4v) is 5.10. The molecule has 2 aromatic carbocycles. The van der Waals surface area contributed by atoms with Crippen molar-refractivity contribution >= 4 is 17.0 Å². The molecule has 1 aliphatic heterocycles. The molecular weight excluding hydrogens is 448 g/mol. The lowest BCUT2D eigenvalue weighted by molar-refractivity contribution is 0.201. The van der Waals surface area contributed by atoms with E-state index in [1.807, 2.05) is 28.9 Å². The maximum atomic E-state index is 5.39. The van der Waals surface area contributed by atoms with Gasteiger partial charge in [0.05, 0.1) is 26.8 Å². The monoisotopic (exact) mass is 476 g/mol. The van der Waals surface area contributed by atoms with Gasteiger partial charge in [-0.25, -0.2) is 4.68 Å². The van der Waals surface area contributed by atoms with Crippen molar-refractivity contribution in [3.63, 3.8) is 0 Å². The van der Waals surface area contributed by atoms with E-state index in [0.717, 1.165) is 49.1 Å². The number of benzene rings is 2. The van der Waals surface area contributed by atoms with Crippen LogP contribution < -0.4 is 14.4 Å². The third-order valence-corrected chi connectivity index (χ3v) is 7.10. The van der Waals surface area contributed by atoms with Crippen LogP contribution in [0.3, 0.4) is 0 Å². The highest BCUT2D eigenvalue weighted by Gasteiger charge is 2.31. The normalized spacial score (nSPS) is 15.3. The van der Waals surface area contributed by atoms with Gasteiger partial charge in [0.2, 0.25) is 0 Å². The number of nitrogens with zero attached hydrogens (tertiary/aromatic N) is 6. The van der Waals surface area contributed by atoms with E-state index in [-0.39, 0.29) is 6.04 Å². The minimum atomic E-state index is -0.0427. The van der Waals surface area contributed by atoms with E-state index in [9.17, 15) is 0 Å². The minimum Gasteiger partial charge on any atom is -0.497 e. The van der Waals surface area contributed by atoms with Crippen LogP contribution in [0.5, 0.6) is 11.5 Å². The number of rotatable bonds is 8. The first kappa shape index (κ1) is 22.4. The Labute approximate surface area is 203 Å². The van der Waals surface area contributed by atoms with Gasteiger partial charge in [-0.1, -0.05) is 18.2 Å². The molecule has 176 valence electrons. The zero-order valence-corrected chi connectivity index (χ0v) is 20.2. The molecule has 0 amide bonds. The second-order valence-corrected chi connectivity index (χ2v) is 9.20. The standard InChI is InChI=1S/C25H28N6O2S/c1-32-21-9-5-19(6-10-21)24(25-26-27-28-31(25)18-23-4-3-17-34-23)30-15-13-29(14-16-30)20-7-11-22(33-2)12-8-20/h3-12,17,24H,13-16,18H2,1-2H3. The van der Waals surface area contributed by atoms with Gasteiger partial charge in [0.1, 0.15) is 11.5 Å². The molecule has 0 aliphatic carbocycles. The lowest BCUT2D eigenvalue weighted by atomic mass is 10.0. The topological polar surface area (TPSA) is 68.5 Å². The SMILES string of the molecule is COc1ccc(C(c2nnnn2Cc2cccs2)N2CCN(c3ccc(OC)cc3)CC2)cc1. The second kappa shape index (κ2) is 10.2. The summed E-state index contributed by atoms with van der Waals surface area (Å²) in [6.45, 7) is 4.30. The first-order valence-electron chi connectivity index (χ1n) is 11.3. The van der Waals surface area contributed by atoms with E-state index < -0.39 is 0 Å². The quantitative estimate of drug-likeness (QED) is 0.384. The van der Waals surface area contributed by atoms with Crippen LogP contribution in [-0.4, -0.2) is 65.5 Å². The Morgan fingerprint density at radius 1 is 0.882 bits per heavy atom. The smallest absolute Gasteiger partial charge is 0.173 e. The van der Waals surface area contributed by atoms with Crippen LogP contribution in [-0.2, 0) is 6.54 Å². The number of anilines is 1. The molecule has 0 radical (unpaired) electrons. The molecule has 0 bridgehead atoms. The van der Waals surface area contributed by atoms with Crippen LogP contribution in [0.25, 0.3) is 0 Å². The molecule has 1 saturated heterocycles. The number of hydrogen-bond donors (Lipinski definition) is 0. The Kier molecular flexibility index (Phi) is 6.73. The lowest BCUT2D eigenvalue weighted by Crippen LogP contribution is -2.48. The Hall–Kier alpha value is -3.43. The molecule has 5 rings (SSSR count). The molecule has 1 aliphatic rings. The van der Waals surface area contributed by atoms with Gasteiger partial charge in [-0.05, 0) is 63.8 Å². The first-order valence-corrected chi connectivity index (χ1v) is 12.2. The van der Waals surface area contributed by atoms with E-state index in [2.05, 4.69) is 67.1 Å². The average molecular weight is 477 g/mol. The zero-order valence-electron chi connectivity index (χ0n) is 19.4. The van der Waals surface area contributed by atoms with Gasteiger partial charge in [-0.15, -0.1) is 16.4 Å². The van der Waals surface area contributed by atoms with Gasteiger partial charge in [0.15, 0.2) is 5.82 Å². The van der Waals surface area contributed by atoms with Crippen molar-refractivity contribution in [2.75, 3.05) is 45.3 Å². The molecule has 8 nitrogen and oxygen atoms in total. The van der Waals surface area contributed by atoms with Crippen LogP contribution in [0.4, 0.5) is 5.69 Å². The molecule has 34 heavy (non-hydrogen) atoms. The Morgan fingerprint density at radius 3 is 2.18 bits per heavy atom. The van der Waals surface area contributed by atoms with Crippen LogP contribution in [0.15, 0.2) is 66.0 Å². The van der Waals surface area contributed by atoms with Gasteiger partial charge < -0.3 is 14.4 Å². The summed E-state index contributed by atoms with van der Waals surface area (Å²) in [5, 5.41) is 15.0. The second-order valence-electron chi connectivity index (χ2n) is 8.17. The van der Waals surface area contributed by atoms with Crippen molar-refractivity contribution in [3.05, 3.63) is 82.3 Å². The molecule has 2 aromatic heterocycles. The summed E-state index contributed by atoms with van der Waals surface area (Å²) >= 11 is 1.72. The van der Waals surface area contributed by atoms with Crippen LogP contribution in [0.2, 0.25) is 0 Å². The molecule has 1 unspecified atom stereocenters. The molecule has 3 heterocycles. The predicted molar refractivity (Wildman–Crippen MR) is 133 cm³/mol. The maximum Gasteiger partial charge on any atom is 0.173 e. The summed E-state index contributed by atoms with van der Waals surface area (Å²) in [6.07, 6.45) is 0. The Bertz CT molecular complexity index is 1170. The summed E-state index contributed by atoms with van der Waals surface area (Å²) < 4.78 is 12.6. The largest absolute Gasteiger partial charge is 0.497 e. The van der Waals surface area contributed by atoms with Gasteiger partial charge in [-0.2, -0.15) is 0 Å². The molecule has 0 spiro atoms. The van der Waals surface area contributed by atoms with Gasteiger partial charge in [0, 0.05) is 36.7 Å². The number of aromatic nitrogens is 4. The molecule has 0 saturated carbocycles. The summed E-state index contributed by atoms with van der Waals surface area (Å²) in [6, 6.07) is 20.6. The number of methoxy groups -OCH3 is 2. The number of piperazine rings is 1. The average Bonchev–Trinajstić information content (AvgIpc) is 3.58. The highest BCUT2D eigenvalue weighted by molar-refractivity contribution is 7.09. The minimum absolute atomic E-state index is 0.0427. The van der Waals surface area contributed by atoms with E-state index in [4.69, 9.17) is 9.47 Å². The van der Waals surface area contributed by atoms with Crippen LogP contribution in [0, 0.1) is 0 Å². The van der Waals surface area contributed by atoms with Crippen molar-refractivity contribution in [1.29, 1.82) is 0 Å². The first-order chi connectivity index (χ1) is 16.7. The Morgan fingerprint density at radius 2 is 1.56 bits per heavy atom. The fraction of sp³-hybridized carbons (Fsp3) is 0.320. The van der Waals surface area contributed by atoms with Gasteiger partial charge >= 0.3 is 0 Å². The van der Waals surface area contributed by atoms with Gasteiger partial charge in [0.25, 0.3) is 0 Å². The fourth-order valence-electron chi connectivity index (χ4n) is 4.41. The zero-order chi connectivity index (χ0) is 23.3. The Balaban J connectivity index is 1.40. The summed E-state index contributed by atoms with van der Waals surface area (Å²) in [5.41, 5.74) is 2.37. The maximum absolute atomic E-state index is 5.39. The number of tetrazole rings is 1. The van der Waals surface area contributed by atoms with E-state index in [1.54, 1.807) is 25.6 Å². The van der Waals surface area contributed by atoms with Crippen molar-refractivity contribution in [2.24, 2.45) is 0 Å². The van der Waals surface area contributed by atoms with E-state index in [1.165, 1.54) is 10.6 Å². The van der Waals surface area contributed by atoms with E-state index in [0.29, 0.717) is 6.54 Å². The van der Waals surface area contributed by atoms with Crippen LogP contribution in [0.1, 0.15) is 22.3 Å². The molecule has 1 atom stereocenters. The third kappa shape index (κ3) is 4.76. The van der Waals surface area contributed by atoms with Crippen molar-refractivity contribution in [2.45, 2.75) is 12.6 Å². The van der Waals surface area contributed by atoms with Gasteiger partial charge in [-0.3, -0.25) is 4.90 Å². The molecule has 4 aromatic rings. The number of thiophene rings is 1.